The molecule has 0 unspecified atom stereocenters. The first-order valence-corrected chi connectivity index (χ1v) is 4.70. The molecule has 1 aromatic carbocycles. The summed E-state index contributed by atoms with van der Waals surface area (Å²) < 4.78 is 18.6. The van der Waals surface area contributed by atoms with Crippen molar-refractivity contribution >= 4 is 17.9 Å². The van der Waals surface area contributed by atoms with Gasteiger partial charge in [0, 0.05) is 0 Å². The number of hydrogen-bond acceptors (Lipinski definition) is 2. The lowest BCUT2D eigenvalue weighted by molar-refractivity contribution is 0.111. The van der Waals surface area contributed by atoms with Gasteiger partial charge in [0.25, 0.3) is 0 Å². The van der Waals surface area contributed by atoms with Crippen LogP contribution in [0.25, 0.3) is 0 Å². The molecular formula is C10H8ClFO2. The number of rotatable bonds is 1. The van der Waals surface area contributed by atoms with E-state index in [9.17, 15) is 9.18 Å². The van der Waals surface area contributed by atoms with Crippen LogP contribution in [0.4, 0.5) is 4.39 Å². The molecule has 0 bridgehead atoms. The van der Waals surface area contributed by atoms with E-state index in [1.54, 1.807) is 0 Å². The first-order valence-electron chi connectivity index (χ1n) is 4.33. The molecule has 0 fully saturated rings. The van der Waals surface area contributed by atoms with Crippen molar-refractivity contribution in [2.75, 3.05) is 6.61 Å². The maximum Gasteiger partial charge on any atom is 0.156 e. The average molecular weight is 215 g/mol. The SMILES string of the molecule is O=Cc1c(F)c(Cl)cc2c1OCCC2. The number of aldehydes is 1. The summed E-state index contributed by atoms with van der Waals surface area (Å²) in [5.41, 5.74) is 0.747. The highest BCUT2D eigenvalue weighted by Crippen LogP contribution is 2.33. The maximum atomic E-state index is 13.3. The van der Waals surface area contributed by atoms with Crippen LogP contribution in [0, 0.1) is 5.82 Å². The average Bonchev–Trinajstić information content (AvgIpc) is 2.20. The van der Waals surface area contributed by atoms with E-state index in [2.05, 4.69) is 0 Å². The Morgan fingerprint density at radius 1 is 1.57 bits per heavy atom. The fourth-order valence-electron chi connectivity index (χ4n) is 1.58. The van der Waals surface area contributed by atoms with Crippen LogP contribution in [-0.4, -0.2) is 12.9 Å². The first kappa shape index (κ1) is 9.46. The van der Waals surface area contributed by atoms with Crippen molar-refractivity contribution in [1.29, 1.82) is 0 Å². The topological polar surface area (TPSA) is 26.3 Å². The van der Waals surface area contributed by atoms with Gasteiger partial charge in [-0.05, 0) is 24.5 Å². The molecule has 0 amide bonds. The predicted molar refractivity (Wildman–Crippen MR) is 50.6 cm³/mol. The lowest BCUT2D eigenvalue weighted by Gasteiger charge is -2.19. The van der Waals surface area contributed by atoms with Crippen LogP contribution < -0.4 is 4.74 Å². The molecule has 74 valence electrons. The molecular weight excluding hydrogens is 207 g/mol. The van der Waals surface area contributed by atoms with Gasteiger partial charge in [-0.15, -0.1) is 0 Å². The number of aryl methyl sites for hydroxylation is 1. The van der Waals surface area contributed by atoms with Gasteiger partial charge >= 0.3 is 0 Å². The van der Waals surface area contributed by atoms with Gasteiger partial charge in [0.2, 0.25) is 0 Å². The highest BCUT2D eigenvalue weighted by Gasteiger charge is 2.20. The van der Waals surface area contributed by atoms with Crippen molar-refractivity contribution in [2.24, 2.45) is 0 Å². The fraction of sp³-hybridized carbons (Fsp3) is 0.300. The molecule has 0 spiro atoms. The van der Waals surface area contributed by atoms with Crippen molar-refractivity contribution in [2.45, 2.75) is 12.8 Å². The van der Waals surface area contributed by atoms with E-state index in [0.29, 0.717) is 18.6 Å². The summed E-state index contributed by atoms with van der Waals surface area (Å²) in [6, 6.07) is 1.53. The summed E-state index contributed by atoms with van der Waals surface area (Å²) in [4.78, 5) is 10.7. The van der Waals surface area contributed by atoms with Crippen LogP contribution in [-0.2, 0) is 6.42 Å². The Kier molecular flexibility index (Phi) is 2.42. The largest absolute Gasteiger partial charge is 0.492 e. The van der Waals surface area contributed by atoms with Gasteiger partial charge in [-0.25, -0.2) is 4.39 Å². The van der Waals surface area contributed by atoms with Crippen molar-refractivity contribution in [3.05, 3.63) is 28.0 Å². The quantitative estimate of drug-likeness (QED) is 0.672. The standard InChI is InChI=1S/C10H8ClFO2/c11-8-4-6-2-1-3-14-10(6)7(5-13)9(8)12/h4-5H,1-3H2. The summed E-state index contributed by atoms with van der Waals surface area (Å²) in [7, 11) is 0. The van der Waals surface area contributed by atoms with Gasteiger partial charge < -0.3 is 4.74 Å². The van der Waals surface area contributed by atoms with E-state index in [-0.39, 0.29) is 10.6 Å². The molecule has 2 rings (SSSR count). The molecule has 0 saturated heterocycles. The van der Waals surface area contributed by atoms with Gasteiger partial charge in [-0.2, -0.15) is 0 Å². The van der Waals surface area contributed by atoms with E-state index in [4.69, 9.17) is 16.3 Å². The molecule has 1 aliphatic rings. The highest BCUT2D eigenvalue weighted by molar-refractivity contribution is 6.31. The zero-order valence-electron chi connectivity index (χ0n) is 7.35. The van der Waals surface area contributed by atoms with Crippen molar-refractivity contribution in [3.63, 3.8) is 0 Å². The second-order valence-electron chi connectivity index (χ2n) is 3.14. The van der Waals surface area contributed by atoms with Crippen LogP contribution in [0.3, 0.4) is 0 Å². The van der Waals surface area contributed by atoms with Crippen molar-refractivity contribution in [3.8, 4) is 5.75 Å². The lowest BCUT2D eigenvalue weighted by Crippen LogP contribution is -2.11. The molecule has 0 saturated carbocycles. The maximum absolute atomic E-state index is 13.3. The van der Waals surface area contributed by atoms with Crippen LogP contribution >= 0.6 is 11.6 Å². The van der Waals surface area contributed by atoms with E-state index >= 15 is 0 Å². The molecule has 0 radical (unpaired) electrons. The summed E-state index contributed by atoms with van der Waals surface area (Å²) in [5, 5.41) is -0.0173. The molecule has 14 heavy (non-hydrogen) atoms. The fourth-order valence-corrected chi connectivity index (χ4v) is 1.81. The minimum atomic E-state index is -0.692. The van der Waals surface area contributed by atoms with E-state index in [1.165, 1.54) is 6.07 Å². The summed E-state index contributed by atoms with van der Waals surface area (Å²) in [5.74, 6) is -0.338. The second kappa shape index (κ2) is 3.58. The molecule has 0 N–H and O–H groups in total. The Hall–Kier alpha value is -1.09. The third-order valence-electron chi connectivity index (χ3n) is 2.24. The number of benzene rings is 1. The van der Waals surface area contributed by atoms with E-state index in [1.807, 2.05) is 0 Å². The minimum Gasteiger partial charge on any atom is -0.492 e. The van der Waals surface area contributed by atoms with Gasteiger partial charge in [0.05, 0.1) is 17.2 Å². The normalized spacial score (nSPS) is 14.4. The van der Waals surface area contributed by atoms with Gasteiger partial charge in [-0.3, -0.25) is 4.79 Å². The van der Waals surface area contributed by atoms with Crippen LogP contribution in [0.1, 0.15) is 22.3 Å². The number of carbonyl (C=O) groups excluding carboxylic acids is 1. The Balaban J connectivity index is 2.65. The van der Waals surface area contributed by atoms with Gasteiger partial charge in [0.15, 0.2) is 12.1 Å². The Morgan fingerprint density at radius 3 is 3.07 bits per heavy atom. The van der Waals surface area contributed by atoms with Crippen molar-refractivity contribution < 1.29 is 13.9 Å². The van der Waals surface area contributed by atoms with Crippen LogP contribution in [0.2, 0.25) is 5.02 Å². The molecule has 0 atom stereocenters. The van der Waals surface area contributed by atoms with Crippen molar-refractivity contribution in [1.82, 2.24) is 0 Å². The zero-order chi connectivity index (χ0) is 10.1. The molecule has 4 heteroatoms. The molecule has 0 aliphatic carbocycles. The van der Waals surface area contributed by atoms with Crippen LogP contribution in [0.5, 0.6) is 5.75 Å². The Bertz CT molecular complexity index is 390. The summed E-state index contributed by atoms with van der Waals surface area (Å²) in [6.45, 7) is 0.523. The van der Waals surface area contributed by atoms with Crippen LogP contribution in [0.15, 0.2) is 6.07 Å². The van der Waals surface area contributed by atoms with E-state index in [0.717, 1.165) is 18.4 Å². The first-order chi connectivity index (χ1) is 6.74. The number of carbonyl (C=O) groups is 1. The number of hydrogen-bond donors (Lipinski definition) is 0. The monoisotopic (exact) mass is 214 g/mol. The number of ether oxygens (including phenoxy) is 1. The minimum absolute atomic E-state index is 0.0173. The smallest absolute Gasteiger partial charge is 0.156 e. The molecule has 1 aliphatic heterocycles. The molecule has 2 nitrogen and oxygen atoms in total. The second-order valence-corrected chi connectivity index (χ2v) is 3.55. The van der Waals surface area contributed by atoms with E-state index < -0.39 is 5.82 Å². The van der Waals surface area contributed by atoms with Gasteiger partial charge in [-0.1, -0.05) is 11.6 Å². The Labute approximate surface area is 85.6 Å². The predicted octanol–water partition coefficient (Wildman–Crippen LogP) is 2.62. The Morgan fingerprint density at radius 2 is 2.36 bits per heavy atom. The summed E-state index contributed by atoms with van der Waals surface area (Å²) >= 11 is 5.64. The molecule has 1 heterocycles. The summed E-state index contributed by atoms with van der Waals surface area (Å²) in [6.07, 6.45) is 2.09. The number of fused-ring (bicyclic) bond motifs is 1. The lowest BCUT2D eigenvalue weighted by atomic mass is 10.0. The zero-order valence-corrected chi connectivity index (χ0v) is 8.10. The van der Waals surface area contributed by atoms with Gasteiger partial charge in [0.1, 0.15) is 5.75 Å². The molecule has 1 aromatic rings. The third-order valence-corrected chi connectivity index (χ3v) is 2.51. The highest BCUT2D eigenvalue weighted by atomic mass is 35.5. The number of halogens is 2. The third kappa shape index (κ3) is 1.38. The molecule has 0 aromatic heterocycles.